The van der Waals surface area contributed by atoms with Crippen LogP contribution in [-0.4, -0.2) is 37.0 Å². The summed E-state index contributed by atoms with van der Waals surface area (Å²) in [5.74, 6) is 0.476. The Bertz CT molecular complexity index is 787. The minimum atomic E-state index is 0.0776. The van der Waals surface area contributed by atoms with Crippen LogP contribution in [0, 0.1) is 6.92 Å². The number of anilines is 1. The fourth-order valence-electron chi connectivity index (χ4n) is 4.08. The van der Waals surface area contributed by atoms with Crippen LogP contribution in [0.3, 0.4) is 0 Å². The number of aryl methyl sites for hydroxylation is 1. The zero-order valence-electron chi connectivity index (χ0n) is 14.0. The number of hydrogen-bond donors (Lipinski definition) is 0. The van der Waals surface area contributed by atoms with E-state index in [-0.39, 0.29) is 11.9 Å². The second kappa shape index (κ2) is 5.91. The highest BCUT2D eigenvalue weighted by Gasteiger charge is 2.43. The molecule has 2 heterocycles. The van der Waals surface area contributed by atoms with Crippen molar-refractivity contribution in [3.05, 3.63) is 64.2 Å². The average Bonchev–Trinajstić information content (AvgIpc) is 2.88. The summed E-state index contributed by atoms with van der Waals surface area (Å²) in [6.45, 7) is 4.15. The van der Waals surface area contributed by atoms with E-state index in [4.69, 9.17) is 11.6 Å². The lowest BCUT2D eigenvalue weighted by atomic mass is 9.88. The van der Waals surface area contributed by atoms with Crippen molar-refractivity contribution in [2.24, 2.45) is 0 Å². The molecule has 2 unspecified atom stereocenters. The predicted molar refractivity (Wildman–Crippen MR) is 98.1 cm³/mol. The van der Waals surface area contributed by atoms with Gasteiger partial charge >= 0.3 is 0 Å². The third-order valence-corrected chi connectivity index (χ3v) is 5.52. The van der Waals surface area contributed by atoms with Crippen LogP contribution in [0.1, 0.15) is 33.8 Å². The third kappa shape index (κ3) is 2.52. The quantitative estimate of drug-likeness (QED) is 0.780. The highest BCUT2D eigenvalue weighted by Crippen LogP contribution is 2.45. The van der Waals surface area contributed by atoms with Crippen molar-refractivity contribution in [2.45, 2.75) is 25.3 Å². The van der Waals surface area contributed by atoms with Crippen LogP contribution < -0.4 is 4.90 Å². The van der Waals surface area contributed by atoms with Gasteiger partial charge in [0, 0.05) is 34.8 Å². The average molecular weight is 341 g/mol. The molecule has 124 valence electrons. The molecule has 0 aromatic heterocycles. The largest absolute Gasteiger partial charge is 0.306 e. The molecule has 24 heavy (non-hydrogen) atoms. The lowest BCUT2D eigenvalue weighted by Crippen LogP contribution is -2.47. The van der Waals surface area contributed by atoms with Crippen LogP contribution in [0.4, 0.5) is 5.69 Å². The summed E-state index contributed by atoms with van der Waals surface area (Å²) in [5, 5.41) is 0.654. The van der Waals surface area contributed by atoms with Crippen LogP contribution >= 0.6 is 11.6 Å². The summed E-state index contributed by atoms with van der Waals surface area (Å²) < 4.78 is 0. The van der Waals surface area contributed by atoms with Gasteiger partial charge in [-0.2, -0.15) is 0 Å². The summed E-state index contributed by atoms with van der Waals surface area (Å²) in [6.07, 6.45) is 1.01. The van der Waals surface area contributed by atoms with E-state index in [1.165, 1.54) is 11.1 Å². The van der Waals surface area contributed by atoms with Gasteiger partial charge < -0.3 is 9.80 Å². The van der Waals surface area contributed by atoms with Crippen LogP contribution in [0.25, 0.3) is 0 Å². The number of rotatable bonds is 1. The van der Waals surface area contributed by atoms with E-state index < -0.39 is 0 Å². The zero-order chi connectivity index (χ0) is 16.8. The van der Waals surface area contributed by atoms with Gasteiger partial charge in [0.2, 0.25) is 0 Å². The molecule has 4 rings (SSSR count). The topological polar surface area (TPSA) is 23.6 Å². The van der Waals surface area contributed by atoms with Gasteiger partial charge in [-0.3, -0.25) is 4.79 Å². The molecule has 1 amide bonds. The van der Waals surface area contributed by atoms with E-state index in [2.05, 4.69) is 37.1 Å². The van der Waals surface area contributed by atoms with Gasteiger partial charge in [0.05, 0.1) is 0 Å². The molecule has 0 radical (unpaired) electrons. The number of carbonyl (C=O) groups excluding carboxylic acids is 1. The Morgan fingerprint density at radius 1 is 1.17 bits per heavy atom. The van der Waals surface area contributed by atoms with E-state index in [9.17, 15) is 4.79 Å². The Morgan fingerprint density at radius 2 is 1.92 bits per heavy atom. The first kappa shape index (κ1) is 15.7. The number of hydrogen-bond acceptors (Lipinski definition) is 2. The van der Waals surface area contributed by atoms with E-state index in [1.54, 1.807) is 12.1 Å². The monoisotopic (exact) mass is 340 g/mol. The maximum atomic E-state index is 13.2. The van der Waals surface area contributed by atoms with Gasteiger partial charge in [-0.05, 0) is 62.8 Å². The van der Waals surface area contributed by atoms with Crippen LogP contribution in [-0.2, 0) is 0 Å². The minimum Gasteiger partial charge on any atom is -0.306 e. The molecule has 4 heteroatoms. The van der Waals surface area contributed by atoms with Crippen LogP contribution in [0.15, 0.2) is 42.5 Å². The molecule has 1 saturated heterocycles. The number of piperidine rings is 1. The number of nitrogens with zero attached hydrogens (tertiary/aromatic N) is 2. The molecule has 0 N–H and O–H groups in total. The van der Waals surface area contributed by atoms with Crippen molar-refractivity contribution in [3.63, 3.8) is 0 Å². The number of amides is 1. The molecule has 0 aliphatic carbocycles. The highest BCUT2D eigenvalue weighted by atomic mass is 35.5. The molecule has 2 aromatic rings. The minimum absolute atomic E-state index is 0.0776. The first-order chi connectivity index (χ1) is 11.5. The van der Waals surface area contributed by atoms with Crippen molar-refractivity contribution in [2.75, 3.05) is 25.0 Å². The normalized spacial score (nSPS) is 23.0. The second-order valence-electron chi connectivity index (χ2n) is 6.97. The number of halogens is 1. The van der Waals surface area contributed by atoms with Gasteiger partial charge in [-0.25, -0.2) is 0 Å². The molecule has 2 aromatic carbocycles. The van der Waals surface area contributed by atoms with Crippen molar-refractivity contribution in [3.8, 4) is 0 Å². The van der Waals surface area contributed by atoms with Crippen LogP contribution in [0.5, 0.6) is 0 Å². The molecule has 3 nitrogen and oxygen atoms in total. The van der Waals surface area contributed by atoms with Crippen molar-refractivity contribution < 1.29 is 4.79 Å². The predicted octanol–water partition coefficient (Wildman–Crippen LogP) is 4.10. The van der Waals surface area contributed by atoms with Gasteiger partial charge in [-0.1, -0.05) is 29.3 Å². The van der Waals surface area contributed by atoms with Gasteiger partial charge in [0.1, 0.15) is 0 Å². The first-order valence-corrected chi connectivity index (χ1v) is 8.80. The molecule has 2 atom stereocenters. The van der Waals surface area contributed by atoms with E-state index in [0.717, 1.165) is 25.2 Å². The molecule has 0 saturated carbocycles. The molecular weight excluding hydrogens is 320 g/mol. The van der Waals surface area contributed by atoms with Crippen LogP contribution in [0.2, 0.25) is 5.02 Å². The van der Waals surface area contributed by atoms with Crippen molar-refractivity contribution >= 4 is 23.2 Å². The van der Waals surface area contributed by atoms with Crippen molar-refractivity contribution in [1.82, 2.24) is 4.90 Å². The maximum Gasteiger partial charge on any atom is 0.258 e. The van der Waals surface area contributed by atoms with Gasteiger partial charge in [-0.15, -0.1) is 0 Å². The Kier molecular flexibility index (Phi) is 3.86. The molecular formula is C20H21ClN2O. The number of carbonyl (C=O) groups is 1. The van der Waals surface area contributed by atoms with E-state index in [1.807, 2.05) is 17.0 Å². The standard InChI is InChI=1S/C20H21ClN2O/c1-13-3-8-18-16(11-13)17-12-22(2)10-9-19(17)23(18)20(24)14-4-6-15(21)7-5-14/h3-8,11,17,19H,9-10,12H2,1-2H3. The summed E-state index contributed by atoms with van der Waals surface area (Å²) in [6, 6.07) is 13.9. The lowest BCUT2D eigenvalue weighted by molar-refractivity contribution is 0.0964. The Balaban J connectivity index is 1.77. The molecule has 0 bridgehead atoms. The fourth-order valence-corrected chi connectivity index (χ4v) is 4.20. The lowest BCUT2D eigenvalue weighted by Gasteiger charge is -2.36. The summed E-state index contributed by atoms with van der Waals surface area (Å²) in [5.41, 5.74) is 4.34. The van der Waals surface area contributed by atoms with E-state index >= 15 is 0 Å². The molecule has 2 aliphatic rings. The summed E-state index contributed by atoms with van der Waals surface area (Å²) in [4.78, 5) is 17.6. The number of fused-ring (bicyclic) bond motifs is 3. The van der Waals surface area contributed by atoms with Crippen molar-refractivity contribution in [1.29, 1.82) is 0 Å². The first-order valence-electron chi connectivity index (χ1n) is 8.43. The molecule has 0 spiro atoms. The summed E-state index contributed by atoms with van der Waals surface area (Å²) in [7, 11) is 2.16. The zero-order valence-corrected chi connectivity index (χ0v) is 14.8. The smallest absolute Gasteiger partial charge is 0.258 e. The molecule has 1 fully saturated rings. The molecule has 2 aliphatic heterocycles. The Morgan fingerprint density at radius 3 is 2.67 bits per heavy atom. The summed E-state index contributed by atoms with van der Waals surface area (Å²) >= 11 is 5.97. The third-order valence-electron chi connectivity index (χ3n) is 5.26. The Hall–Kier alpha value is -1.84. The van der Waals surface area contributed by atoms with Gasteiger partial charge in [0.15, 0.2) is 0 Å². The Labute approximate surface area is 147 Å². The SMILES string of the molecule is Cc1ccc2c(c1)C1CN(C)CCC1N2C(=O)c1ccc(Cl)cc1. The maximum absolute atomic E-state index is 13.2. The fraction of sp³-hybridized carbons (Fsp3) is 0.350. The van der Waals surface area contributed by atoms with E-state index in [0.29, 0.717) is 16.5 Å². The number of benzene rings is 2. The van der Waals surface area contributed by atoms with Gasteiger partial charge in [0.25, 0.3) is 5.91 Å². The highest BCUT2D eigenvalue weighted by molar-refractivity contribution is 6.30. The number of likely N-dealkylation sites (N-methyl/N-ethyl adjacent to an activating group) is 1. The number of likely N-dealkylation sites (tertiary alicyclic amines) is 1. The second-order valence-corrected chi connectivity index (χ2v) is 7.41.